The molecule has 5 nitrogen and oxygen atoms in total. The molecule has 1 aromatic carbocycles. The lowest BCUT2D eigenvalue weighted by atomic mass is 10.3. The van der Waals surface area contributed by atoms with Crippen LogP contribution < -0.4 is 4.72 Å². The summed E-state index contributed by atoms with van der Waals surface area (Å²) in [5.41, 5.74) is 0. The molecule has 1 rings (SSSR count). The van der Waals surface area contributed by atoms with Crippen LogP contribution in [0.2, 0.25) is 0 Å². The Balaban J connectivity index is 2.60. The van der Waals surface area contributed by atoms with E-state index in [2.05, 4.69) is 20.7 Å². The Bertz CT molecular complexity index is 495. The van der Waals surface area contributed by atoms with E-state index in [-0.39, 0.29) is 35.7 Å². The molecule has 18 heavy (non-hydrogen) atoms. The number of hydrogen-bond acceptors (Lipinski definition) is 4. The fourth-order valence-corrected chi connectivity index (χ4v) is 2.41. The molecule has 0 amide bonds. The first-order chi connectivity index (χ1) is 8.47. The Labute approximate surface area is 113 Å². The summed E-state index contributed by atoms with van der Waals surface area (Å²) in [6, 6.07) is 3.55. The quantitative estimate of drug-likeness (QED) is 0.722. The van der Waals surface area contributed by atoms with Gasteiger partial charge in [-0.05, 0) is 34.1 Å². The molecule has 0 unspecified atom stereocenters. The molecule has 0 fully saturated rings. The number of aliphatic hydroxyl groups is 1. The first-order valence-electron chi connectivity index (χ1n) is 5.10. The summed E-state index contributed by atoms with van der Waals surface area (Å²) in [5, 5.41) is 8.45. The van der Waals surface area contributed by atoms with E-state index < -0.39 is 15.8 Å². The molecule has 8 heteroatoms. The molecule has 0 aliphatic carbocycles. The van der Waals surface area contributed by atoms with Gasteiger partial charge >= 0.3 is 0 Å². The smallest absolute Gasteiger partial charge is 0.240 e. The highest BCUT2D eigenvalue weighted by Crippen LogP contribution is 2.19. The zero-order valence-corrected chi connectivity index (χ0v) is 11.8. The minimum absolute atomic E-state index is 0.0556. The maximum atomic E-state index is 13.2. The summed E-state index contributed by atoms with van der Waals surface area (Å²) in [6.07, 6.45) is 0. The molecule has 0 aromatic heterocycles. The molecular formula is C10H13BrFNO4S. The van der Waals surface area contributed by atoms with Crippen LogP contribution in [0.15, 0.2) is 27.6 Å². The molecule has 0 aliphatic rings. The molecule has 0 aliphatic heterocycles. The summed E-state index contributed by atoms with van der Waals surface area (Å²) >= 11 is 2.94. The van der Waals surface area contributed by atoms with Crippen molar-refractivity contribution < 1.29 is 22.7 Å². The van der Waals surface area contributed by atoms with E-state index in [1.165, 1.54) is 12.1 Å². The first kappa shape index (κ1) is 15.5. The predicted molar refractivity (Wildman–Crippen MR) is 67.2 cm³/mol. The van der Waals surface area contributed by atoms with Crippen molar-refractivity contribution in [3.8, 4) is 0 Å². The van der Waals surface area contributed by atoms with Crippen molar-refractivity contribution in [2.24, 2.45) is 0 Å². The van der Waals surface area contributed by atoms with E-state index in [0.717, 1.165) is 6.07 Å². The van der Waals surface area contributed by atoms with Gasteiger partial charge in [-0.2, -0.15) is 0 Å². The van der Waals surface area contributed by atoms with Gasteiger partial charge in [0.2, 0.25) is 10.0 Å². The average molecular weight is 342 g/mol. The van der Waals surface area contributed by atoms with Crippen molar-refractivity contribution >= 4 is 26.0 Å². The largest absolute Gasteiger partial charge is 0.394 e. The van der Waals surface area contributed by atoms with Crippen LogP contribution in [0.4, 0.5) is 4.39 Å². The lowest BCUT2D eigenvalue weighted by Crippen LogP contribution is -2.27. The van der Waals surface area contributed by atoms with Crippen molar-refractivity contribution in [2.75, 3.05) is 26.4 Å². The molecular weight excluding hydrogens is 329 g/mol. The van der Waals surface area contributed by atoms with Crippen LogP contribution in [0.1, 0.15) is 0 Å². The van der Waals surface area contributed by atoms with E-state index in [1.54, 1.807) is 0 Å². The summed E-state index contributed by atoms with van der Waals surface area (Å²) in [5.74, 6) is -0.644. The second-order valence-corrected chi connectivity index (χ2v) is 5.93. The second-order valence-electron chi connectivity index (χ2n) is 3.31. The second kappa shape index (κ2) is 7.15. The van der Waals surface area contributed by atoms with Gasteiger partial charge in [0.25, 0.3) is 0 Å². The van der Waals surface area contributed by atoms with Crippen LogP contribution in [0, 0.1) is 5.82 Å². The number of benzene rings is 1. The van der Waals surface area contributed by atoms with Crippen LogP contribution in [-0.4, -0.2) is 39.9 Å². The summed E-state index contributed by atoms with van der Waals surface area (Å²) in [6.45, 7) is 0.220. The number of hydrogen-bond donors (Lipinski definition) is 2. The van der Waals surface area contributed by atoms with Gasteiger partial charge in [-0.25, -0.2) is 17.5 Å². The molecule has 0 heterocycles. The van der Waals surface area contributed by atoms with Crippen molar-refractivity contribution in [3.63, 3.8) is 0 Å². The molecule has 0 atom stereocenters. The Hall–Kier alpha value is -0.540. The van der Waals surface area contributed by atoms with E-state index in [0.29, 0.717) is 0 Å². The maximum Gasteiger partial charge on any atom is 0.240 e. The predicted octanol–water partition coefficient (Wildman–Crippen LogP) is 0.875. The fraction of sp³-hybridized carbons (Fsp3) is 0.400. The Kier molecular flexibility index (Phi) is 6.16. The highest BCUT2D eigenvalue weighted by Gasteiger charge is 2.15. The molecule has 0 saturated heterocycles. The van der Waals surface area contributed by atoms with E-state index >= 15 is 0 Å². The lowest BCUT2D eigenvalue weighted by molar-refractivity contribution is 0.0961. The van der Waals surface area contributed by atoms with E-state index in [9.17, 15) is 12.8 Å². The van der Waals surface area contributed by atoms with Gasteiger partial charge in [0.05, 0.1) is 29.2 Å². The van der Waals surface area contributed by atoms with Crippen molar-refractivity contribution in [1.29, 1.82) is 0 Å². The van der Waals surface area contributed by atoms with Crippen LogP contribution in [0.5, 0.6) is 0 Å². The third-order valence-electron chi connectivity index (χ3n) is 1.98. The number of ether oxygens (including phenoxy) is 1. The number of aliphatic hydroxyl groups excluding tert-OH is 1. The SMILES string of the molecule is O=S(=O)(NCCOCCO)c1ccc(Br)c(F)c1. The van der Waals surface area contributed by atoms with Gasteiger partial charge in [0, 0.05) is 6.54 Å². The fourth-order valence-electron chi connectivity index (χ4n) is 1.14. The molecule has 0 radical (unpaired) electrons. The van der Waals surface area contributed by atoms with Crippen LogP contribution in [0.25, 0.3) is 0 Å². The molecule has 0 bridgehead atoms. The van der Waals surface area contributed by atoms with E-state index in [1.807, 2.05) is 0 Å². The van der Waals surface area contributed by atoms with Gasteiger partial charge < -0.3 is 9.84 Å². The van der Waals surface area contributed by atoms with Crippen LogP contribution >= 0.6 is 15.9 Å². The number of nitrogens with one attached hydrogen (secondary N) is 1. The lowest BCUT2D eigenvalue weighted by Gasteiger charge is -2.07. The van der Waals surface area contributed by atoms with Gasteiger partial charge in [0.15, 0.2) is 0 Å². The zero-order chi connectivity index (χ0) is 13.6. The highest BCUT2D eigenvalue weighted by atomic mass is 79.9. The Morgan fingerprint density at radius 1 is 1.39 bits per heavy atom. The van der Waals surface area contributed by atoms with Crippen molar-refractivity contribution in [1.82, 2.24) is 4.72 Å². The van der Waals surface area contributed by atoms with E-state index in [4.69, 9.17) is 9.84 Å². The monoisotopic (exact) mass is 341 g/mol. The molecule has 1 aromatic rings. The standard InChI is InChI=1S/C10H13BrFNO4S/c11-9-2-1-8(7-10(9)12)18(15,16)13-3-5-17-6-4-14/h1-2,7,13-14H,3-6H2. The zero-order valence-electron chi connectivity index (χ0n) is 9.40. The van der Waals surface area contributed by atoms with Crippen molar-refractivity contribution in [3.05, 3.63) is 28.5 Å². The Morgan fingerprint density at radius 2 is 2.11 bits per heavy atom. The third-order valence-corrected chi connectivity index (χ3v) is 4.08. The summed E-state index contributed by atoms with van der Waals surface area (Å²) < 4.78 is 44.0. The van der Waals surface area contributed by atoms with Crippen LogP contribution in [-0.2, 0) is 14.8 Å². The maximum absolute atomic E-state index is 13.2. The van der Waals surface area contributed by atoms with Crippen molar-refractivity contribution in [2.45, 2.75) is 4.90 Å². The highest BCUT2D eigenvalue weighted by molar-refractivity contribution is 9.10. The van der Waals surface area contributed by atoms with Gasteiger partial charge in [-0.15, -0.1) is 0 Å². The molecule has 2 N–H and O–H groups in total. The number of rotatable bonds is 7. The molecule has 0 spiro atoms. The van der Waals surface area contributed by atoms with Gasteiger partial charge in [-0.3, -0.25) is 0 Å². The van der Waals surface area contributed by atoms with Gasteiger partial charge in [-0.1, -0.05) is 0 Å². The average Bonchev–Trinajstić information content (AvgIpc) is 2.32. The first-order valence-corrected chi connectivity index (χ1v) is 7.38. The topological polar surface area (TPSA) is 75.6 Å². The minimum atomic E-state index is -3.74. The summed E-state index contributed by atoms with van der Waals surface area (Å²) in [7, 11) is -3.74. The van der Waals surface area contributed by atoms with Gasteiger partial charge in [0.1, 0.15) is 5.82 Å². The molecule has 102 valence electrons. The normalized spacial score (nSPS) is 11.7. The Morgan fingerprint density at radius 3 is 2.72 bits per heavy atom. The van der Waals surface area contributed by atoms with Crippen LogP contribution in [0.3, 0.4) is 0 Å². The number of sulfonamides is 1. The minimum Gasteiger partial charge on any atom is -0.394 e. The third kappa shape index (κ3) is 4.62. The summed E-state index contributed by atoms with van der Waals surface area (Å²) in [4.78, 5) is -0.148. The molecule has 0 saturated carbocycles. The number of halogens is 2.